The highest BCUT2D eigenvalue weighted by Crippen LogP contribution is 2.27. The Morgan fingerprint density at radius 1 is 0.860 bits per heavy atom. The van der Waals surface area contributed by atoms with E-state index in [1.165, 1.54) is 24.3 Å². The van der Waals surface area contributed by atoms with E-state index in [1.54, 1.807) is 0 Å². The molecule has 1 fully saturated rings. The van der Waals surface area contributed by atoms with Gasteiger partial charge in [0, 0.05) is 18.8 Å². The Morgan fingerprint density at radius 3 is 2.12 bits per heavy atom. The van der Waals surface area contributed by atoms with Crippen LogP contribution in [0, 0.1) is 0 Å². The Morgan fingerprint density at radius 2 is 1.49 bits per heavy atom. The zero-order chi connectivity index (χ0) is 30.8. The van der Waals surface area contributed by atoms with Gasteiger partial charge in [-0.25, -0.2) is 18.0 Å². The second kappa shape index (κ2) is 14.4. The molecule has 1 saturated heterocycles. The van der Waals surface area contributed by atoms with Gasteiger partial charge in [-0.15, -0.1) is 0 Å². The third-order valence-corrected chi connectivity index (χ3v) is 8.76. The van der Waals surface area contributed by atoms with Crippen molar-refractivity contribution in [3.05, 3.63) is 96.1 Å². The minimum atomic E-state index is -4.11. The lowest BCUT2D eigenvalue weighted by atomic mass is 10.1. The van der Waals surface area contributed by atoms with Crippen LogP contribution in [0.25, 0.3) is 0 Å². The van der Waals surface area contributed by atoms with Crippen molar-refractivity contribution < 1.29 is 32.7 Å². The van der Waals surface area contributed by atoms with E-state index in [0.29, 0.717) is 12.1 Å². The highest BCUT2D eigenvalue weighted by atomic mass is 32.2. The van der Waals surface area contributed by atoms with Gasteiger partial charge in [0.05, 0.1) is 17.9 Å². The van der Waals surface area contributed by atoms with Crippen LogP contribution >= 0.6 is 0 Å². The quantitative estimate of drug-likeness (QED) is 0.210. The molecule has 0 saturated carbocycles. The summed E-state index contributed by atoms with van der Waals surface area (Å²) in [6, 6.07) is 20.7. The third kappa shape index (κ3) is 8.63. The van der Waals surface area contributed by atoms with Crippen molar-refractivity contribution in [1.82, 2.24) is 20.3 Å². The van der Waals surface area contributed by atoms with Gasteiger partial charge in [-0.05, 0) is 48.2 Å². The van der Waals surface area contributed by atoms with Crippen LogP contribution in [0.2, 0.25) is 0 Å². The highest BCUT2D eigenvalue weighted by molar-refractivity contribution is 7.89. The number of benzene rings is 3. The smallest absolute Gasteiger partial charge is 0.328 e. The van der Waals surface area contributed by atoms with E-state index in [-0.39, 0.29) is 36.7 Å². The number of carboxylic acids is 1. The summed E-state index contributed by atoms with van der Waals surface area (Å²) < 4.78 is 27.9. The maximum Gasteiger partial charge on any atom is 0.328 e. The summed E-state index contributed by atoms with van der Waals surface area (Å²) in [4.78, 5) is 49.3. The van der Waals surface area contributed by atoms with Crippen LogP contribution in [0.3, 0.4) is 0 Å². The van der Waals surface area contributed by atoms with Gasteiger partial charge in [0.25, 0.3) is 0 Å². The first-order chi connectivity index (χ1) is 20.6. The topological polar surface area (TPSA) is 174 Å². The average Bonchev–Trinajstić information content (AvgIpc) is 3.51. The second-order valence-electron chi connectivity index (χ2n) is 9.96. The van der Waals surface area contributed by atoms with Gasteiger partial charge >= 0.3 is 12.0 Å². The van der Waals surface area contributed by atoms with E-state index in [1.807, 2.05) is 60.7 Å². The zero-order valence-electron chi connectivity index (χ0n) is 23.2. The van der Waals surface area contributed by atoms with Gasteiger partial charge in [-0.2, -0.15) is 4.31 Å². The Kier molecular flexibility index (Phi) is 10.5. The summed E-state index contributed by atoms with van der Waals surface area (Å²) in [5.74, 6) is -2.41. The van der Waals surface area contributed by atoms with E-state index < -0.39 is 46.6 Å². The molecule has 1 aliphatic rings. The van der Waals surface area contributed by atoms with Gasteiger partial charge in [0.1, 0.15) is 12.1 Å². The molecule has 5 N–H and O–H groups in total. The maximum absolute atomic E-state index is 13.4. The Bertz CT molecular complexity index is 1530. The summed E-state index contributed by atoms with van der Waals surface area (Å²) in [6.07, 6.45) is 0.773. The molecule has 0 aliphatic carbocycles. The lowest BCUT2D eigenvalue weighted by Crippen LogP contribution is -2.54. The van der Waals surface area contributed by atoms with E-state index >= 15 is 0 Å². The third-order valence-electron chi connectivity index (χ3n) is 6.84. The number of carbonyl (C=O) groups excluding carboxylic acids is 3. The van der Waals surface area contributed by atoms with Crippen LogP contribution < -0.4 is 21.3 Å². The van der Waals surface area contributed by atoms with Gasteiger partial charge in [-0.3, -0.25) is 9.59 Å². The number of carbonyl (C=O) groups is 4. The molecule has 0 unspecified atom stereocenters. The van der Waals surface area contributed by atoms with Gasteiger partial charge < -0.3 is 26.4 Å². The standard InChI is InChI=1S/C30H33N5O7S/c36-27(18-21-8-3-1-4-9-21)33-23-13-15-24(16-14-23)43(41,42)35-17-7-12-26(35)28(37)34-25(29(38)39)20-32-30(40)31-19-22-10-5-2-6-11-22/h1-6,8-11,13-16,25-26H,7,12,17-20H2,(H,33,36)(H,34,37)(H,38,39)(H2,31,32,40)/t25-,26-/m0/s1. The molecular weight excluding hydrogens is 574 g/mol. The number of nitrogens with zero attached hydrogens (tertiary/aromatic N) is 1. The van der Waals surface area contributed by atoms with Crippen molar-refractivity contribution in [2.45, 2.75) is 42.8 Å². The van der Waals surface area contributed by atoms with E-state index in [0.717, 1.165) is 15.4 Å². The van der Waals surface area contributed by atoms with Gasteiger partial charge in [0.2, 0.25) is 21.8 Å². The van der Waals surface area contributed by atoms with Crippen LogP contribution in [0.4, 0.5) is 10.5 Å². The molecule has 0 spiro atoms. The van der Waals surface area contributed by atoms with Gasteiger partial charge in [-0.1, -0.05) is 60.7 Å². The SMILES string of the molecule is O=C(Cc1ccccc1)Nc1ccc(S(=O)(=O)N2CCC[C@H]2C(=O)N[C@@H](CNC(=O)NCc2ccccc2)C(=O)O)cc1. The lowest BCUT2D eigenvalue weighted by Gasteiger charge is -2.25. The molecule has 12 nitrogen and oxygen atoms in total. The molecule has 0 aromatic heterocycles. The summed E-state index contributed by atoms with van der Waals surface area (Å²) in [5.41, 5.74) is 2.11. The van der Waals surface area contributed by atoms with Crippen LogP contribution in [0.15, 0.2) is 89.8 Å². The molecule has 13 heteroatoms. The molecule has 3 aromatic rings. The largest absolute Gasteiger partial charge is 0.480 e. The maximum atomic E-state index is 13.4. The van der Waals surface area contributed by atoms with Crippen molar-refractivity contribution in [1.29, 1.82) is 0 Å². The fraction of sp³-hybridized carbons (Fsp3) is 0.267. The van der Waals surface area contributed by atoms with Crippen LogP contribution in [-0.4, -0.2) is 66.8 Å². The molecule has 2 atom stereocenters. The van der Waals surface area contributed by atoms with E-state index in [2.05, 4.69) is 21.3 Å². The van der Waals surface area contributed by atoms with Crippen LogP contribution in [0.1, 0.15) is 24.0 Å². The molecular formula is C30H33N5O7S. The Hall–Kier alpha value is -4.75. The normalized spacial score (nSPS) is 15.7. The molecule has 4 amide bonds. The fourth-order valence-corrected chi connectivity index (χ4v) is 6.28. The number of urea groups is 1. The minimum absolute atomic E-state index is 0.0696. The predicted molar refractivity (Wildman–Crippen MR) is 158 cm³/mol. The second-order valence-corrected chi connectivity index (χ2v) is 11.8. The first-order valence-electron chi connectivity index (χ1n) is 13.7. The molecule has 0 bridgehead atoms. The van der Waals surface area contributed by atoms with E-state index in [4.69, 9.17) is 0 Å². The highest BCUT2D eigenvalue weighted by Gasteiger charge is 2.40. The number of hydrogen-bond donors (Lipinski definition) is 5. The van der Waals surface area contributed by atoms with Crippen molar-refractivity contribution >= 4 is 39.5 Å². The number of anilines is 1. The minimum Gasteiger partial charge on any atom is -0.480 e. The molecule has 3 aromatic carbocycles. The number of nitrogens with one attached hydrogen (secondary N) is 4. The lowest BCUT2D eigenvalue weighted by molar-refractivity contribution is -0.142. The molecule has 0 radical (unpaired) electrons. The van der Waals surface area contributed by atoms with Crippen molar-refractivity contribution in [2.24, 2.45) is 0 Å². The first kappa shape index (κ1) is 31.2. The number of hydrogen-bond acceptors (Lipinski definition) is 6. The molecule has 4 rings (SSSR count). The number of carboxylic acid groups (broad SMARTS) is 1. The summed E-state index contributed by atoms with van der Waals surface area (Å²) >= 11 is 0. The molecule has 1 aliphatic heterocycles. The summed E-state index contributed by atoms with van der Waals surface area (Å²) in [5, 5.41) is 19.7. The number of sulfonamides is 1. The van der Waals surface area contributed by atoms with Crippen LogP contribution in [-0.2, 0) is 37.4 Å². The molecule has 43 heavy (non-hydrogen) atoms. The van der Waals surface area contributed by atoms with Crippen molar-refractivity contribution in [3.63, 3.8) is 0 Å². The summed E-state index contributed by atoms with van der Waals surface area (Å²) in [7, 11) is -4.11. The number of amides is 4. The fourth-order valence-electron chi connectivity index (χ4n) is 4.63. The van der Waals surface area contributed by atoms with Crippen LogP contribution in [0.5, 0.6) is 0 Å². The molecule has 1 heterocycles. The number of aliphatic carboxylic acids is 1. The monoisotopic (exact) mass is 607 g/mol. The Balaban J connectivity index is 1.33. The zero-order valence-corrected chi connectivity index (χ0v) is 24.0. The number of rotatable bonds is 12. The first-order valence-corrected chi connectivity index (χ1v) is 15.1. The molecule has 226 valence electrons. The van der Waals surface area contributed by atoms with Gasteiger partial charge in [0.15, 0.2) is 0 Å². The average molecular weight is 608 g/mol. The summed E-state index contributed by atoms with van der Waals surface area (Å²) in [6.45, 7) is -0.0980. The Labute approximate surface area is 249 Å². The van der Waals surface area contributed by atoms with Crippen molar-refractivity contribution in [2.75, 3.05) is 18.4 Å². The predicted octanol–water partition coefficient (Wildman–Crippen LogP) is 2.09. The van der Waals surface area contributed by atoms with Crippen molar-refractivity contribution in [3.8, 4) is 0 Å². The van der Waals surface area contributed by atoms with E-state index in [9.17, 15) is 32.7 Å².